The number of ether oxygens (including phenoxy) is 1. The van der Waals surface area contributed by atoms with Crippen LogP contribution in [0.25, 0.3) is 0 Å². The molecule has 2 aromatic carbocycles. The molecule has 2 N–H and O–H groups in total. The van der Waals surface area contributed by atoms with Gasteiger partial charge >= 0.3 is 0 Å². The van der Waals surface area contributed by atoms with Crippen molar-refractivity contribution in [3.05, 3.63) is 59.7 Å². The van der Waals surface area contributed by atoms with Gasteiger partial charge in [0.2, 0.25) is 11.8 Å². The van der Waals surface area contributed by atoms with Crippen LogP contribution in [-0.2, 0) is 9.59 Å². The van der Waals surface area contributed by atoms with Crippen LogP contribution in [0.2, 0.25) is 0 Å². The highest BCUT2D eigenvalue weighted by Crippen LogP contribution is 2.14. The number of rotatable bonds is 7. The van der Waals surface area contributed by atoms with Crippen molar-refractivity contribution in [1.82, 2.24) is 5.43 Å². The number of benzene rings is 2. The number of methoxy groups -OCH3 is 1. The number of hydrogen-bond donors (Lipinski definition) is 2. The number of hydrogen-bond acceptors (Lipinski definition) is 4. The first-order valence-corrected chi connectivity index (χ1v) is 7.90. The van der Waals surface area contributed by atoms with E-state index in [0.29, 0.717) is 11.4 Å². The lowest BCUT2D eigenvalue weighted by atomic mass is 10.2. The fourth-order valence-electron chi connectivity index (χ4n) is 2.09. The second-order valence-corrected chi connectivity index (χ2v) is 5.45. The summed E-state index contributed by atoms with van der Waals surface area (Å²) in [6.07, 6.45) is 1.65. The Morgan fingerprint density at radius 3 is 2.44 bits per heavy atom. The molecule has 0 unspecified atom stereocenters. The van der Waals surface area contributed by atoms with Crippen LogP contribution in [0, 0.1) is 6.92 Å². The fraction of sp³-hybridized carbons (Fsp3) is 0.211. The topological polar surface area (TPSA) is 79.8 Å². The lowest BCUT2D eigenvalue weighted by molar-refractivity contribution is -0.124. The molecule has 0 aliphatic heterocycles. The molecule has 130 valence electrons. The van der Waals surface area contributed by atoms with Crippen LogP contribution in [0.15, 0.2) is 53.6 Å². The zero-order valence-electron chi connectivity index (χ0n) is 14.3. The third kappa shape index (κ3) is 6.10. The lowest BCUT2D eigenvalue weighted by Gasteiger charge is -2.05. The smallest absolute Gasteiger partial charge is 0.240 e. The Kier molecular flexibility index (Phi) is 6.71. The number of para-hydroxylation sites is 1. The Balaban J connectivity index is 1.75. The molecule has 0 aromatic heterocycles. The monoisotopic (exact) mass is 339 g/mol. The van der Waals surface area contributed by atoms with Gasteiger partial charge in [-0.2, -0.15) is 5.10 Å². The highest BCUT2D eigenvalue weighted by molar-refractivity contribution is 5.93. The first-order valence-electron chi connectivity index (χ1n) is 7.90. The third-order valence-corrected chi connectivity index (χ3v) is 3.45. The molecule has 2 aromatic rings. The summed E-state index contributed by atoms with van der Waals surface area (Å²) in [5, 5.41) is 6.63. The van der Waals surface area contributed by atoms with Crippen LogP contribution in [-0.4, -0.2) is 25.1 Å². The molecule has 25 heavy (non-hydrogen) atoms. The highest BCUT2D eigenvalue weighted by Gasteiger charge is 2.07. The molecule has 0 bridgehead atoms. The van der Waals surface area contributed by atoms with Gasteiger partial charge in [-0.1, -0.05) is 29.8 Å². The molecule has 0 spiro atoms. The zero-order valence-corrected chi connectivity index (χ0v) is 14.3. The van der Waals surface area contributed by atoms with Crippen LogP contribution in [0.3, 0.4) is 0 Å². The predicted octanol–water partition coefficient (Wildman–Crippen LogP) is 2.87. The Morgan fingerprint density at radius 1 is 1.04 bits per heavy atom. The Morgan fingerprint density at radius 2 is 1.72 bits per heavy atom. The number of aryl methyl sites for hydroxylation is 1. The van der Waals surface area contributed by atoms with Crippen LogP contribution in [0.1, 0.15) is 24.0 Å². The predicted molar refractivity (Wildman–Crippen MR) is 97.8 cm³/mol. The van der Waals surface area contributed by atoms with E-state index in [9.17, 15) is 9.59 Å². The minimum atomic E-state index is -0.329. The molecule has 0 saturated carbocycles. The third-order valence-electron chi connectivity index (χ3n) is 3.45. The summed E-state index contributed by atoms with van der Waals surface area (Å²) in [6, 6.07) is 14.8. The summed E-state index contributed by atoms with van der Waals surface area (Å²) in [5.74, 6) is 0.121. The number of carbonyl (C=O) groups excluding carboxylic acids is 2. The van der Waals surface area contributed by atoms with Crippen molar-refractivity contribution in [2.75, 3.05) is 12.4 Å². The first kappa shape index (κ1) is 18.2. The van der Waals surface area contributed by atoms with Crippen molar-refractivity contribution in [2.24, 2.45) is 5.10 Å². The lowest BCUT2D eigenvalue weighted by Crippen LogP contribution is -2.20. The van der Waals surface area contributed by atoms with Crippen molar-refractivity contribution in [3.63, 3.8) is 0 Å². The van der Waals surface area contributed by atoms with E-state index < -0.39 is 0 Å². The van der Waals surface area contributed by atoms with Gasteiger partial charge in [0.05, 0.1) is 13.3 Å². The van der Waals surface area contributed by atoms with Gasteiger partial charge in [0.25, 0.3) is 0 Å². The summed E-state index contributed by atoms with van der Waals surface area (Å²) < 4.78 is 5.19. The maximum Gasteiger partial charge on any atom is 0.240 e. The highest BCUT2D eigenvalue weighted by atomic mass is 16.5. The number of nitrogens with zero attached hydrogens (tertiary/aromatic N) is 1. The number of amides is 2. The molecule has 6 nitrogen and oxygen atoms in total. The van der Waals surface area contributed by atoms with Gasteiger partial charge in [0.15, 0.2) is 0 Å². The fourth-order valence-corrected chi connectivity index (χ4v) is 2.09. The van der Waals surface area contributed by atoms with Gasteiger partial charge in [-0.3, -0.25) is 9.59 Å². The molecule has 0 heterocycles. The Bertz CT molecular complexity index is 755. The van der Waals surface area contributed by atoms with E-state index in [-0.39, 0.29) is 24.7 Å². The average Bonchev–Trinajstić information content (AvgIpc) is 2.62. The Hall–Kier alpha value is -3.15. The molecule has 0 atom stereocenters. The number of hydrazone groups is 1. The SMILES string of the molecule is COc1ccccc1C=NNC(=O)CCC(=O)Nc1ccc(C)cc1. The van der Waals surface area contributed by atoms with Gasteiger partial charge in [-0.05, 0) is 31.2 Å². The Labute approximate surface area is 146 Å². The molecule has 0 aliphatic rings. The maximum absolute atomic E-state index is 11.8. The minimum Gasteiger partial charge on any atom is -0.496 e. The summed E-state index contributed by atoms with van der Waals surface area (Å²) >= 11 is 0. The van der Waals surface area contributed by atoms with Crippen molar-refractivity contribution in [2.45, 2.75) is 19.8 Å². The van der Waals surface area contributed by atoms with Crippen molar-refractivity contribution in [3.8, 4) is 5.75 Å². The molecule has 0 aliphatic carbocycles. The summed E-state index contributed by atoms with van der Waals surface area (Å²) in [6.45, 7) is 1.97. The molecule has 0 radical (unpaired) electrons. The van der Waals surface area contributed by atoms with Gasteiger partial charge in [-0.15, -0.1) is 0 Å². The normalized spacial score (nSPS) is 10.5. The second-order valence-electron chi connectivity index (χ2n) is 5.45. The van der Waals surface area contributed by atoms with E-state index in [0.717, 1.165) is 11.1 Å². The number of carbonyl (C=O) groups is 2. The van der Waals surface area contributed by atoms with Crippen molar-refractivity contribution < 1.29 is 14.3 Å². The molecular formula is C19H21N3O3. The van der Waals surface area contributed by atoms with Gasteiger partial charge in [-0.25, -0.2) is 5.43 Å². The molecule has 6 heteroatoms. The van der Waals surface area contributed by atoms with Gasteiger partial charge in [0, 0.05) is 24.1 Å². The van der Waals surface area contributed by atoms with E-state index in [1.54, 1.807) is 13.2 Å². The summed E-state index contributed by atoms with van der Waals surface area (Å²) in [5.41, 5.74) is 4.99. The van der Waals surface area contributed by atoms with Crippen LogP contribution < -0.4 is 15.5 Å². The van der Waals surface area contributed by atoms with E-state index in [1.807, 2.05) is 49.4 Å². The van der Waals surface area contributed by atoms with Crippen LogP contribution in [0.4, 0.5) is 5.69 Å². The quantitative estimate of drug-likeness (QED) is 0.601. The molecule has 2 rings (SSSR count). The first-order chi connectivity index (χ1) is 12.1. The van der Waals surface area contributed by atoms with Gasteiger partial charge < -0.3 is 10.1 Å². The zero-order chi connectivity index (χ0) is 18.1. The van der Waals surface area contributed by atoms with Crippen LogP contribution in [0.5, 0.6) is 5.75 Å². The number of anilines is 1. The second kappa shape index (κ2) is 9.22. The molecule has 0 fully saturated rings. The summed E-state index contributed by atoms with van der Waals surface area (Å²) in [4.78, 5) is 23.6. The van der Waals surface area contributed by atoms with Crippen molar-refractivity contribution >= 4 is 23.7 Å². The maximum atomic E-state index is 11.8. The average molecular weight is 339 g/mol. The molecular weight excluding hydrogens is 318 g/mol. The van der Waals surface area contributed by atoms with Crippen molar-refractivity contribution in [1.29, 1.82) is 0 Å². The van der Waals surface area contributed by atoms with E-state index >= 15 is 0 Å². The van der Waals surface area contributed by atoms with Crippen LogP contribution >= 0.6 is 0 Å². The van der Waals surface area contributed by atoms with Gasteiger partial charge in [0.1, 0.15) is 5.75 Å². The van der Waals surface area contributed by atoms with E-state index in [4.69, 9.17) is 4.74 Å². The van der Waals surface area contributed by atoms with E-state index in [1.165, 1.54) is 6.21 Å². The molecule has 0 saturated heterocycles. The summed E-state index contributed by atoms with van der Waals surface area (Å²) in [7, 11) is 1.57. The molecule has 2 amide bonds. The standard InChI is InChI=1S/C19H21N3O3/c1-14-7-9-16(10-8-14)21-18(23)11-12-19(24)22-20-13-15-5-3-4-6-17(15)25-2/h3-10,13H,11-12H2,1-2H3,(H,21,23)(H,22,24). The largest absolute Gasteiger partial charge is 0.496 e. The number of nitrogens with one attached hydrogen (secondary N) is 2. The van der Waals surface area contributed by atoms with E-state index in [2.05, 4.69) is 15.8 Å². The minimum absolute atomic E-state index is 0.0565.